The van der Waals surface area contributed by atoms with E-state index in [0.717, 1.165) is 41.2 Å². The summed E-state index contributed by atoms with van der Waals surface area (Å²) in [4.78, 5) is 10.5. The van der Waals surface area contributed by atoms with Crippen molar-refractivity contribution in [2.75, 3.05) is 6.61 Å². The summed E-state index contributed by atoms with van der Waals surface area (Å²) in [5, 5.41) is 10.8. The third-order valence-electron chi connectivity index (χ3n) is 3.52. The van der Waals surface area contributed by atoms with Crippen molar-refractivity contribution in [1.29, 1.82) is 0 Å². The molecule has 3 nitrogen and oxygen atoms in total. The highest BCUT2D eigenvalue weighted by molar-refractivity contribution is 5.89. The minimum Gasteiger partial charge on any atom is -0.494 e. The molecule has 22 heavy (non-hydrogen) atoms. The molecule has 0 atom stereocenters. The van der Waals surface area contributed by atoms with Crippen LogP contribution in [0.5, 0.6) is 5.75 Å². The van der Waals surface area contributed by atoms with E-state index < -0.39 is 5.97 Å². The first kappa shape index (κ1) is 16.1. The van der Waals surface area contributed by atoms with E-state index in [1.165, 1.54) is 19.3 Å². The number of carboxylic acids is 1. The van der Waals surface area contributed by atoms with Crippen molar-refractivity contribution >= 4 is 22.8 Å². The van der Waals surface area contributed by atoms with Crippen LogP contribution in [0.25, 0.3) is 16.8 Å². The average molecular weight is 298 g/mol. The summed E-state index contributed by atoms with van der Waals surface area (Å²) in [5.41, 5.74) is 0.878. The van der Waals surface area contributed by atoms with Crippen LogP contribution >= 0.6 is 0 Å². The van der Waals surface area contributed by atoms with Gasteiger partial charge in [-0.25, -0.2) is 4.79 Å². The zero-order valence-corrected chi connectivity index (χ0v) is 12.9. The van der Waals surface area contributed by atoms with Crippen molar-refractivity contribution < 1.29 is 14.6 Å². The Kier molecular flexibility index (Phi) is 6.01. The quantitative estimate of drug-likeness (QED) is 0.557. The van der Waals surface area contributed by atoms with Crippen molar-refractivity contribution in [3.63, 3.8) is 0 Å². The van der Waals surface area contributed by atoms with E-state index in [1.54, 1.807) is 6.08 Å². The lowest BCUT2D eigenvalue weighted by molar-refractivity contribution is -0.131. The van der Waals surface area contributed by atoms with E-state index in [1.807, 2.05) is 36.4 Å². The summed E-state index contributed by atoms with van der Waals surface area (Å²) in [6.45, 7) is 2.95. The molecule has 0 bridgehead atoms. The minimum absolute atomic E-state index is 0.755. The molecule has 0 aliphatic rings. The predicted octanol–water partition coefficient (Wildman–Crippen LogP) is 4.90. The Hall–Kier alpha value is -2.29. The Labute approximate surface area is 131 Å². The zero-order valence-electron chi connectivity index (χ0n) is 12.9. The topological polar surface area (TPSA) is 46.5 Å². The fraction of sp³-hybridized carbons (Fsp3) is 0.316. The molecule has 0 spiro atoms. The summed E-state index contributed by atoms with van der Waals surface area (Å²) in [7, 11) is 0. The molecule has 1 N–H and O–H groups in total. The van der Waals surface area contributed by atoms with Gasteiger partial charge in [-0.05, 0) is 47.0 Å². The lowest BCUT2D eigenvalue weighted by atomic mass is 10.1. The second-order valence-corrected chi connectivity index (χ2v) is 5.35. The summed E-state index contributed by atoms with van der Waals surface area (Å²) >= 11 is 0. The number of fused-ring (bicyclic) bond motifs is 1. The highest BCUT2D eigenvalue weighted by Gasteiger charge is 1.99. The summed E-state index contributed by atoms with van der Waals surface area (Å²) in [6.07, 6.45) is 7.53. The number of unbranched alkanes of at least 4 members (excludes halogenated alkanes) is 3. The molecule has 0 aromatic heterocycles. The maximum absolute atomic E-state index is 10.5. The van der Waals surface area contributed by atoms with Crippen molar-refractivity contribution in [2.45, 2.75) is 32.6 Å². The minimum atomic E-state index is -0.938. The van der Waals surface area contributed by atoms with E-state index >= 15 is 0 Å². The van der Waals surface area contributed by atoms with Crippen molar-refractivity contribution in [2.24, 2.45) is 0 Å². The molecule has 2 rings (SSSR count). The fourth-order valence-corrected chi connectivity index (χ4v) is 2.32. The number of hydrogen-bond donors (Lipinski definition) is 1. The Morgan fingerprint density at radius 3 is 2.64 bits per heavy atom. The summed E-state index contributed by atoms with van der Waals surface area (Å²) in [6, 6.07) is 11.9. The van der Waals surface area contributed by atoms with Crippen LogP contribution in [0.2, 0.25) is 0 Å². The first-order valence-corrected chi connectivity index (χ1v) is 7.76. The van der Waals surface area contributed by atoms with Crippen LogP contribution in [0, 0.1) is 0 Å². The number of rotatable bonds is 8. The Morgan fingerprint density at radius 1 is 1.09 bits per heavy atom. The molecule has 0 aliphatic heterocycles. The average Bonchev–Trinajstić information content (AvgIpc) is 2.52. The number of hydrogen-bond acceptors (Lipinski definition) is 2. The maximum atomic E-state index is 10.5. The molecule has 116 valence electrons. The largest absolute Gasteiger partial charge is 0.494 e. The highest BCUT2D eigenvalue weighted by Crippen LogP contribution is 2.23. The molecule has 0 radical (unpaired) electrons. The summed E-state index contributed by atoms with van der Waals surface area (Å²) < 4.78 is 5.78. The first-order chi connectivity index (χ1) is 10.7. The van der Waals surface area contributed by atoms with Crippen LogP contribution in [-0.4, -0.2) is 17.7 Å². The van der Waals surface area contributed by atoms with Gasteiger partial charge in [0.2, 0.25) is 0 Å². The van der Waals surface area contributed by atoms with Crippen LogP contribution in [0.15, 0.2) is 42.5 Å². The van der Waals surface area contributed by atoms with E-state index in [4.69, 9.17) is 9.84 Å². The van der Waals surface area contributed by atoms with E-state index in [0.29, 0.717) is 0 Å². The second-order valence-electron chi connectivity index (χ2n) is 5.35. The Balaban J connectivity index is 2.02. The molecule has 2 aromatic carbocycles. The zero-order chi connectivity index (χ0) is 15.8. The molecule has 0 unspecified atom stereocenters. The first-order valence-electron chi connectivity index (χ1n) is 7.76. The van der Waals surface area contributed by atoms with Crippen LogP contribution < -0.4 is 4.74 Å². The lowest BCUT2D eigenvalue weighted by Gasteiger charge is -2.07. The molecule has 3 heteroatoms. The third kappa shape index (κ3) is 4.92. The predicted molar refractivity (Wildman–Crippen MR) is 90.3 cm³/mol. The molecule has 0 aliphatic carbocycles. The van der Waals surface area contributed by atoms with Crippen LogP contribution in [0.4, 0.5) is 0 Å². The van der Waals surface area contributed by atoms with Gasteiger partial charge in [-0.1, -0.05) is 44.4 Å². The van der Waals surface area contributed by atoms with Crippen LogP contribution in [-0.2, 0) is 4.79 Å². The number of ether oxygens (including phenoxy) is 1. The third-order valence-corrected chi connectivity index (χ3v) is 3.52. The van der Waals surface area contributed by atoms with E-state index in [2.05, 4.69) is 6.92 Å². The molecule has 2 aromatic rings. The van der Waals surface area contributed by atoms with Gasteiger partial charge in [-0.3, -0.25) is 0 Å². The van der Waals surface area contributed by atoms with Gasteiger partial charge in [-0.15, -0.1) is 0 Å². The molecule has 0 amide bonds. The lowest BCUT2D eigenvalue weighted by Crippen LogP contribution is -1.97. The van der Waals surface area contributed by atoms with Gasteiger partial charge < -0.3 is 9.84 Å². The molecule has 0 saturated heterocycles. The van der Waals surface area contributed by atoms with Gasteiger partial charge in [0.25, 0.3) is 0 Å². The standard InChI is InChI=1S/C19H22O3/c1-2-3-4-5-12-22-18-10-9-16-13-15(7-11-19(20)21)6-8-17(16)14-18/h6-11,13-14H,2-5,12H2,1H3,(H,20,21)/b11-7+. The highest BCUT2D eigenvalue weighted by atomic mass is 16.5. The number of carboxylic acid groups (broad SMARTS) is 1. The van der Waals surface area contributed by atoms with Crippen LogP contribution in [0.1, 0.15) is 38.2 Å². The summed E-state index contributed by atoms with van der Waals surface area (Å²) in [5.74, 6) is -0.0512. The smallest absolute Gasteiger partial charge is 0.328 e. The van der Waals surface area contributed by atoms with Gasteiger partial charge >= 0.3 is 5.97 Å². The second kappa shape index (κ2) is 8.23. The van der Waals surface area contributed by atoms with Crippen LogP contribution in [0.3, 0.4) is 0 Å². The number of aliphatic carboxylic acids is 1. The molecule has 0 heterocycles. The Bertz CT molecular complexity index is 659. The van der Waals surface area contributed by atoms with Crippen molar-refractivity contribution in [3.05, 3.63) is 48.0 Å². The molecule has 0 fully saturated rings. The van der Waals surface area contributed by atoms with E-state index in [-0.39, 0.29) is 0 Å². The van der Waals surface area contributed by atoms with Gasteiger partial charge in [0.15, 0.2) is 0 Å². The van der Waals surface area contributed by atoms with Crippen molar-refractivity contribution in [1.82, 2.24) is 0 Å². The number of benzene rings is 2. The van der Waals surface area contributed by atoms with E-state index in [9.17, 15) is 4.79 Å². The maximum Gasteiger partial charge on any atom is 0.328 e. The molecule has 0 saturated carbocycles. The fourth-order valence-electron chi connectivity index (χ4n) is 2.32. The van der Waals surface area contributed by atoms with Gasteiger partial charge in [0.05, 0.1) is 6.61 Å². The normalized spacial score (nSPS) is 11.1. The monoisotopic (exact) mass is 298 g/mol. The Morgan fingerprint density at radius 2 is 1.86 bits per heavy atom. The van der Waals surface area contributed by atoms with Gasteiger partial charge in [-0.2, -0.15) is 0 Å². The molecular weight excluding hydrogens is 276 g/mol. The van der Waals surface area contributed by atoms with Gasteiger partial charge in [0.1, 0.15) is 5.75 Å². The van der Waals surface area contributed by atoms with Crippen molar-refractivity contribution in [3.8, 4) is 5.75 Å². The SMILES string of the molecule is CCCCCCOc1ccc2cc(/C=C/C(=O)O)ccc2c1. The molecular formula is C19H22O3. The van der Waals surface area contributed by atoms with Gasteiger partial charge in [0, 0.05) is 6.08 Å². The number of carbonyl (C=O) groups is 1.